The van der Waals surface area contributed by atoms with E-state index in [9.17, 15) is 0 Å². The third kappa shape index (κ3) is 2.17. The molecule has 1 N–H and O–H groups in total. The molecule has 2 aliphatic rings. The number of nitrogens with zero attached hydrogens (tertiary/aromatic N) is 1. The molecule has 3 rings (SSSR count). The number of benzene rings is 1. The second-order valence-corrected chi connectivity index (χ2v) is 5.08. The van der Waals surface area contributed by atoms with E-state index < -0.39 is 0 Å². The number of ether oxygens (including phenoxy) is 1. The van der Waals surface area contributed by atoms with Crippen LogP contribution in [0.15, 0.2) is 24.3 Å². The van der Waals surface area contributed by atoms with Crippen LogP contribution in [0.3, 0.4) is 0 Å². The van der Waals surface area contributed by atoms with Gasteiger partial charge in [0, 0.05) is 30.6 Å². The summed E-state index contributed by atoms with van der Waals surface area (Å²) in [5, 5.41) is 3.37. The van der Waals surface area contributed by atoms with Crippen LogP contribution in [0.5, 0.6) is 5.75 Å². The highest BCUT2D eigenvalue weighted by Gasteiger charge is 2.28. The lowest BCUT2D eigenvalue weighted by Gasteiger charge is -2.19. The normalized spacial score (nSPS) is 28.1. The van der Waals surface area contributed by atoms with Gasteiger partial charge in [-0.25, -0.2) is 0 Å². The molecule has 1 aromatic rings. The average molecular weight is 232 g/mol. The van der Waals surface area contributed by atoms with Gasteiger partial charge in [0.1, 0.15) is 5.75 Å². The highest BCUT2D eigenvalue weighted by molar-refractivity contribution is 5.39. The summed E-state index contributed by atoms with van der Waals surface area (Å²) >= 11 is 0. The molecule has 0 amide bonds. The Balaban J connectivity index is 1.64. The van der Waals surface area contributed by atoms with Gasteiger partial charge in [-0.15, -0.1) is 0 Å². The lowest BCUT2D eigenvalue weighted by molar-refractivity contribution is 0.264. The van der Waals surface area contributed by atoms with Crippen LogP contribution in [0.4, 0.5) is 0 Å². The molecule has 2 atom stereocenters. The molecule has 0 spiro atoms. The van der Waals surface area contributed by atoms with Crippen LogP contribution >= 0.6 is 0 Å². The van der Waals surface area contributed by atoms with E-state index >= 15 is 0 Å². The fourth-order valence-electron chi connectivity index (χ4n) is 2.93. The van der Waals surface area contributed by atoms with Crippen molar-refractivity contribution in [1.29, 1.82) is 0 Å². The van der Waals surface area contributed by atoms with E-state index in [1.165, 1.54) is 25.1 Å². The van der Waals surface area contributed by atoms with E-state index in [1.807, 2.05) is 6.07 Å². The number of rotatable bonds is 3. The van der Waals surface area contributed by atoms with Crippen molar-refractivity contribution in [2.45, 2.75) is 18.4 Å². The van der Waals surface area contributed by atoms with Gasteiger partial charge < -0.3 is 15.0 Å². The maximum Gasteiger partial charge on any atom is 0.122 e. The number of hydrogen-bond donors (Lipinski definition) is 1. The number of likely N-dealkylation sites (N-methyl/N-ethyl adjacent to an activating group) is 1. The van der Waals surface area contributed by atoms with Crippen molar-refractivity contribution in [1.82, 2.24) is 10.2 Å². The SMILES string of the molecule is CNC1CCN(CC2COc3ccccc32)C1. The van der Waals surface area contributed by atoms with E-state index in [4.69, 9.17) is 4.74 Å². The van der Waals surface area contributed by atoms with Crippen molar-refractivity contribution in [3.05, 3.63) is 29.8 Å². The van der Waals surface area contributed by atoms with Gasteiger partial charge in [0.05, 0.1) is 6.61 Å². The first-order chi connectivity index (χ1) is 8.36. The smallest absolute Gasteiger partial charge is 0.122 e. The van der Waals surface area contributed by atoms with Gasteiger partial charge in [-0.2, -0.15) is 0 Å². The quantitative estimate of drug-likeness (QED) is 0.854. The molecule has 1 saturated heterocycles. The maximum absolute atomic E-state index is 5.73. The summed E-state index contributed by atoms with van der Waals surface area (Å²) in [4.78, 5) is 2.55. The first kappa shape index (κ1) is 11.1. The molecule has 17 heavy (non-hydrogen) atoms. The van der Waals surface area contributed by atoms with Gasteiger partial charge in [-0.3, -0.25) is 0 Å². The van der Waals surface area contributed by atoms with E-state index in [2.05, 4.69) is 35.5 Å². The Hall–Kier alpha value is -1.06. The minimum absolute atomic E-state index is 0.557. The Morgan fingerprint density at radius 2 is 2.29 bits per heavy atom. The second kappa shape index (κ2) is 4.67. The lowest BCUT2D eigenvalue weighted by atomic mass is 10.0. The molecule has 1 fully saturated rings. The molecule has 1 aromatic carbocycles. The van der Waals surface area contributed by atoms with Crippen molar-refractivity contribution in [3.63, 3.8) is 0 Å². The van der Waals surface area contributed by atoms with Crippen molar-refractivity contribution in [3.8, 4) is 5.75 Å². The van der Waals surface area contributed by atoms with E-state index in [0.29, 0.717) is 12.0 Å². The van der Waals surface area contributed by atoms with Gasteiger partial charge in [0.15, 0.2) is 0 Å². The van der Waals surface area contributed by atoms with Crippen molar-refractivity contribution < 1.29 is 4.74 Å². The largest absolute Gasteiger partial charge is 0.493 e. The molecule has 0 saturated carbocycles. The molecule has 2 aliphatic heterocycles. The average Bonchev–Trinajstić information content (AvgIpc) is 2.97. The predicted molar refractivity (Wildman–Crippen MR) is 68.6 cm³/mol. The Labute approximate surface area is 103 Å². The molecule has 2 unspecified atom stereocenters. The zero-order chi connectivity index (χ0) is 11.7. The summed E-state index contributed by atoms with van der Waals surface area (Å²) in [5.74, 6) is 1.64. The molecular weight excluding hydrogens is 212 g/mol. The van der Waals surface area contributed by atoms with Crippen LogP contribution in [-0.2, 0) is 0 Å². The summed E-state index contributed by atoms with van der Waals surface area (Å²) in [6.07, 6.45) is 1.27. The zero-order valence-electron chi connectivity index (χ0n) is 10.4. The molecular formula is C14H20N2O. The highest BCUT2D eigenvalue weighted by Crippen LogP contribution is 2.34. The van der Waals surface area contributed by atoms with Crippen LogP contribution in [0, 0.1) is 0 Å². The van der Waals surface area contributed by atoms with Gasteiger partial charge in [-0.1, -0.05) is 18.2 Å². The molecule has 2 heterocycles. The minimum Gasteiger partial charge on any atom is -0.493 e. The van der Waals surface area contributed by atoms with Gasteiger partial charge in [0.25, 0.3) is 0 Å². The minimum atomic E-state index is 0.557. The number of fused-ring (bicyclic) bond motifs is 1. The molecule has 0 bridgehead atoms. The van der Waals surface area contributed by atoms with E-state index in [1.54, 1.807) is 0 Å². The van der Waals surface area contributed by atoms with Crippen molar-refractivity contribution >= 4 is 0 Å². The molecule has 3 heteroatoms. The number of likely N-dealkylation sites (tertiary alicyclic amines) is 1. The maximum atomic E-state index is 5.73. The first-order valence-corrected chi connectivity index (χ1v) is 6.48. The summed E-state index contributed by atoms with van der Waals surface area (Å²) in [5.41, 5.74) is 1.39. The molecule has 92 valence electrons. The van der Waals surface area contributed by atoms with Crippen LogP contribution in [0.2, 0.25) is 0 Å². The molecule has 0 aliphatic carbocycles. The molecule has 0 radical (unpaired) electrons. The predicted octanol–water partition coefficient (Wildman–Crippen LogP) is 1.46. The van der Waals surface area contributed by atoms with Crippen LogP contribution in [0.1, 0.15) is 17.9 Å². The third-order valence-corrected chi connectivity index (χ3v) is 3.96. The van der Waals surface area contributed by atoms with E-state index in [0.717, 1.165) is 18.9 Å². The van der Waals surface area contributed by atoms with Crippen LogP contribution in [0.25, 0.3) is 0 Å². The van der Waals surface area contributed by atoms with E-state index in [-0.39, 0.29) is 0 Å². The first-order valence-electron chi connectivity index (χ1n) is 6.48. The van der Waals surface area contributed by atoms with Gasteiger partial charge in [0.2, 0.25) is 0 Å². The number of nitrogens with one attached hydrogen (secondary N) is 1. The molecule has 3 nitrogen and oxygen atoms in total. The lowest BCUT2D eigenvalue weighted by Crippen LogP contribution is -2.32. The Morgan fingerprint density at radius 3 is 3.12 bits per heavy atom. The second-order valence-electron chi connectivity index (χ2n) is 5.08. The van der Waals surface area contributed by atoms with Crippen LogP contribution < -0.4 is 10.1 Å². The summed E-state index contributed by atoms with van der Waals surface area (Å²) < 4.78 is 5.73. The van der Waals surface area contributed by atoms with Crippen molar-refractivity contribution in [2.24, 2.45) is 0 Å². The zero-order valence-corrected chi connectivity index (χ0v) is 10.4. The summed E-state index contributed by atoms with van der Waals surface area (Å²) in [7, 11) is 2.06. The van der Waals surface area contributed by atoms with Crippen molar-refractivity contribution in [2.75, 3.05) is 33.3 Å². The van der Waals surface area contributed by atoms with Crippen LogP contribution in [-0.4, -0.2) is 44.2 Å². The Kier molecular flexibility index (Phi) is 3.04. The fourth-order valence-corrected chi connectivity index (χ4v) is 2.93. The summed E-state index contributed by atoms with van der Waals surface area (Å²) in [6, 6.07) is 9.12. The number of para-hydroxylation sites is 1. The van der Waals surface area contributed by atoms with Gasteiger partial charge in [-0.05, 0) is 26.1 Å². The topological polar surface area (TPSA) is 24.5 Å². The Morgan fingerprint density at radius 1 is 1.41 bits per heavy atom. The standard InChI is InChI=1S/C14H20N2O/c1-15-12-6-7-16(9-12)8-11-10-17-14-5-3-2-4-13(11)14/h2-5,11-12,15H,6-10H2,1H3. The number of hydrogen-bond acceptors (Lipinski definition) is 3. The fraction of sp³-hybridized carbons (Fsp3) is 0.571. The summed E-state index contributed by atoms with van der Waals surface area (Å²) in [6.45, 7) is 4.37. The monoisotopic (exact) mass is 232 g/mol. The highest BCUT2D eigenvalue weighted by atomic mass is 16.5. The molecule has 0 aromatic heterocycles. The Bertz CT molecular complexity index is 394. The van der Waals surface area contributed by atoms with Gasteiger partial charge >= 0.3 is 0 Å². The third-order valence-electron chi connectivity index (χ3n) is 3.96.